The topological polar surface area (TPSA) is 125 Å². The molecule has 0 aliphatic rings. The van der Waals surface area contributed by atoms with Crippen molar-refractivity contribution in [1.82, 2.24) is 9.97 Å². The lowest BCUT2D eigenvalue weighted by Gasteiger charge is -2.21. The fourth-order valence-corrected chi connectivity index (χ4v) is 3.18. The molecule has 2 aromatic rings. The molecule has 1 unspecified atom stereocenters. The molecule has 1 N–H and O–H groups in total. The zero-order valence-electron chi connectivity index (χ0n) is 14.2. The van der Waals surface area contributed by atoms with Crippen molar-refractivity contribution in [2.24, 2.45) is 5.11 Å². The van der Waals surface area contributed by atoms with Gasteiger partial charge >= 0.3 is 0 Å². The van der Waals surface area contributed by atoms with Gasteiger partial charge in [-0.1, -0.05) is 30.6 Å². The zero-order valence-corrected chi connectivity index (χ0v) is 15.8. The lowest BCUT2D eigenvalue weighted by Crippen LogP contribution is -2.14. The second kappa shape index (κ2) is 7.43. The SMILES string of the molecule is CC(C)(N=[N+]=[N-])c1cnc(OCCCS(C)(=N)=O)c2cnc(Cl)cc12. The summed E-state index contributed by atoms with van der Waals surface area (Å²) in [5.74, 6) is 0.629. The van der Waals surface area contributed by atoms with Gasteiger partial charge in [0.2, 0.25) is 5.88 Å². The molecule has 0 amide bonds. The summed E-state index contributed by atoms with van der Waals surface area (Å²) in [6.45, 7) is 3.85. The molecule has 0 saturated carbocycles. The molecule has 0 fully saturated rings. The summed E-state index contributed by atoms with van der Waals surface area (Å²) >= 11 is 6.02. The Morgan fingerprint density at radius 2 is 2.12 bits per heavy atom. The van der Waals surface area contributed by atoms with E-state index in [-0.39, 0.29) is 12.4 Å². The first kappa shape index (κ1) is 19.2. The van der Waals surface area contributed by atoms with Crippen LogP contribution in [0.2, 0.25) is 5.15 Å². The average Bonchev–Trinajstić information content (AvgIpc) is 2.49. The third-order valence-corrected chi connectivity index (χ3v) is 4.85. The summed E-state index contributed by atoms with van der Waals surface area (Å²) in [7, 11) is -2.54. The van der Waals surface area contributed by atoms with Crippen molar-refractivity contribution in [3.63, 3.8) is 0 Å². The van der Waals surface area contributed by atoms with E-state index in [0.717, 1.165) is 5.39 Å². The molecular formula is C15H19ClN6O2S. The Hall–Kier alpha value is -2.09. The lowest BCUT2D eigenvalue weighted by atomic mass is 9.93. The largest absolute Gasteiger partial charge is 0.477 e. The van der Waals surface area contributed by atoms with Crippen LogP contribution in [0.3, 0.4) is 0 Å². The summed E-state index contributed by atoms with van der Waals surface area (Å²) in [4.78, 5) is 11.3. The van der Waals surface area contributed by atoms with Crippen molar-refractivity contribution in [2.75, 3.05) is 18.6 Å². The Kier molecular flexibility index (Phi) is 5.72. The van der Waals surface area contributed by atoms with Gasteiger partial charge in [-0.3, -0.25) is 8.99 Å². The van der Waals surface area contributed by atoms with Gasteiger partial charge < -0.3 is 4.74 Å². The fraction of sp³-hybridized carbons (Fsp3) is 0.467. The van der Waals surface area contributed by atoms with Crippen LogP contribution in [0.1, 0.15) is 25.8 Å². The van der Waals surface area contributed by atoms with Gasteiger partial charge in [0.05, 0.1) is 17.5 Å². The maximum absolute atomic E-state index is 11.4. The van der Waals surface area contributed by atoms with E-state index >= 15 is 0 Å². The molecule has 25 heavy (non-hydrogen) atoms. The van der Waals surface area contributed by atoms with E-state index in [1.807, 2.05) is 0 Å². The highest BCUT2D eigenvalue weighted by Gasteiger charge is 2.23. The number of aromatic nitrogens is 2. The molecule has 2 heterocycles. The molecule has 0 aromatic carbocycles. The third kappa shape index (κ3) is 4.94. The lowest BCUT2D eigenvalue weighted by molar-refractivity contribution is 0.309. The van der Waals surface area contributed by atoms with Crippen LogP contribution in [0.4, 0.5) is 0 Å². The fourth-order valence-electron chi connectivity index (χ4n) is 2.36. The van der Waals surface area contributed by atoms with Crippen molar-refractivity contribution in [2.45, 2.75) is 25.8 Å². The van der Waals surface area contributed by atoms with Crippen molar-refractivity contribution in [3.05, 3.63) is 39.6 Å². The zero-order chi connectivity index (χ0) is 18.7. The molecule has 0 aliphatic heterocycles. The molecule has 8 nitrogen and oxygen atoms in total. The molecule has 0 bridgehead atoms. The first-order valence-electron chi connectivity index (χ1n) is 7.49. The third-order valence-electron chi connectivity index (χ3n) is 3.57. The average molecular weight is 383 g/mol. The highest BCUT2D eigenvalue weighted by molar-refractivity contribution is 7.91. The monoisotopic (exact) mass is 382 g/mol. The number of halogens is 1. The number of rotatable bonds is 7. The summed E-state index contributed by atoms with van der Waals surface area (Å²) in [5.41, 5.74) is 8.68. The van der Waals surface area contributed by atoms with Gasteiger partial charge in [0, 0.05) is 39.0 Å². The predicted octanol–water partition coefficient (Wildman–Crippen LogP) is 4.27. The summed E-state index contributed by atoms with van der Waals surface area (Å²) in [5, 5.41) is 5.51. The molecule has 1 atom stereocenters. The van der Waals surface area contributed by atoms with Crippen LogP contribution >= 0.6 is 11.6 Å². The summed E-state index contributed by atoms with van der Waals surface area (Å²) in [6, 6.07) is 1.68. The normalized spacial score (nSPS) is 13.9. The Bertz CT molecular complexity index is 938. The van der Waals surface area contributed by atoms with Gasteiger partial charge in [-0.05, 0) is 29.0 Å². The maximum atomic E-state index is 11.4. The molecule has 2 rings (SSSR count). The molecule has 0 aliphatic carbocycles. The number of ether oxygens (including phenoxy) is 1. The first-order valence-corrected chi connectivity index (χ1v) is 10.0. The van der Waals surface area contributed by atoms with E-state index < -0.39 is 15.3 Å². The number of hydrogen-bond acceptors (Lipinski definition) is 6. The molecule has 0 radical (unpaired) electrons. The van der Waals surface area contributed by atoms with Gasteiger partial charge in [0.25, 0.3) is 0 Å². The minimum Gasteiger partial charge on any atom is -0.477 e. The van der Waals surface area contributed by atoms with Gasteiger partial charge in [-0.2, -0.15) is 0 Å². The Balaban J connectivity index is 2.40. The number of nitrogens with one attached hydrogen (secondary N) is 1. The van der Waals surface area contributed by atoms with E-state index in [1.54, 1.807) is 32.3 Å². The predicted molar refractivity (Wildman–Crippen MR) is 98.5 cm³/mol. The highest BCUT2D eigenvalue weighted by atomic mass is 35.5. The molecule has 2 aromatic heterocycles. The number of hydrogen-bond donors (Lipinski definition) is 1. The summed E-state index contributed by atoms with van der Waals surface area (Å²) < 4.78 is 24.5. The molecule has 10 heteroatoms. The molecular weight excluding hydrogens is 364 g/mol. The number of nitrogens with zero attached hydrogens (tertiary/aromatic N) is 5. The van der Waals surface area contributed by atoms with Gasteiger partial charge in [-0.15, -0.1) is 0 Å². The van der Waals surface area contributed by atoms with Crippen LogP contribution in [-0.2, 0) is 15.3 Å². The van der Waals surface area contributed by atoms with Crippen LogP contribution in [0, 0.1) is 4.78 Å². The standard InChI is InChI=1S/C15H19ClN6O2S/c1-15(2,21-22-17)12-9-20-14(24-5-4-6-25(3,18)23)11-8-19-13(16)7-10(11)12/h7-9,18H,4-6H2,1-3H3. The van der Waals surface area contributed by atoms with Gasteiger partial charge in [0.15, 0.2) is 0 Å². The van der Waals surface area contributed by atoms with E-state index in [1.165, 1.54) is 6.26 Å². The van der Waals surface area contributed by atoms with Crippen LogP contribution in [0.25, 0.3) is 21.2 Å². The first-order chi connectivity index (χ1) is 11.6. The Morgan fingerprint density at radius 1 is 1.40 bits per heavy atom. The van der Waals surface area contributed by atoms with Crippen molar-refractivity contribution >= 4 is 32.1 Å². The summed E-state index contributed by atoms with van der Waals surface area (Å²) in [6.07, 6.45) is 5.04. The van der Waals surface area contributed by atoms with Crippen molar-refractivity contribution in [1.29, 1.82) is 4.78 Å². The minimum absolute atomic E-state index is 0.261. The molecule has 134 valence electrons. The second-order valence-electron chi connectivity index (χ2n) is 6.19. The van der Waals surface area contributed by atoms with Crippen molar-refractivity contribution < 1.29 is 8.95 Å². The minimum atomic E-state index is -2.54. The quantitative estimate of drug-likeness (QED) is 0.252. The van der Waals surface area contributed by atoms with Crippen molar-refractivity contribution in [3.8, 4) is 5.88 Å². The molecule has 0 spiro atoms. The molecule has 0 saturated heterocycles. The van der Waals surface area contributed by atoms with Crippen LogP contribution in [-0.4, -0.2) is 32.8 Å². The maximum Gasteiger partial charge on any atom is 0.222 e. The second-order valence-corrected chi connectivity index (χ2v) is 8.99. The Labute approximate surface area is 151 Å². The van der Waals surface area contributed by atoms with E-state index in [0.29, 0.717) is 28.4 Å². The number of azide groups is 1. The van der Waals surface area contributed by atoms with Gasteiger partial charge in [-0.25, -0.2) is 9.97 Å². The highest BCUT2D eigenvalue weighted by Crippen LogP contribution is 2.35. The van der Waals surface area contributed by atoms with Crippen LogP contribution < -0.4 is 4.74 Å². The van der Waals surface area contributed by atoms with E-state index in [4.69, 9.17) is 26.6 Å². The number of pyridine rings is 2. The van der Waals surface area contributed by atoms with E-state index in [2.05, 4.69) is 20.0 Å². The smallest absolute Gasteiger partial charge is 0.222 e. The van der Waals surface area contributed by atoms with Crippen LogP contribution in [0.5, 0.6) is 5.88 Å². The van der Waals surface area contributed by atoms with E-state index in [9.17, 15) is 4.21 Å². The number of fused-ring (bicyclic) bond motifs is 1. The van der Waals surface area contributed by atoms with Crippen LogP contribution in [0.15, 0.2) is 23.6 Å². The van der Waals surface area contributed by atoms with Gasteiger partial charge in [0.1, 0.15) is 5.15 Å². The Morgan fingerprint density at radius 3 is 2.76 bits per heavy atom.